The molecule has 3 rings (SSSR count). The second kappa shape index (κ2) is 9.63. The molecule has 11 heteroatoms. The summed E-state index contributed by atoms with van der Waals surface area (Å²) in [5.41, 5.74) is -2.13. The average Bonchev–Trinajstić information content (AvgIpc) is 2.74. The highest BCUT2D eigenvalue weighted by atomic mass is 127. The fourth-order valence-electron chi connectivity index (χ4n) is 3.27. The number of rotatable bonds is 7. The number of β-amino-alcohol motifs (C(OH)–C–C–N with tert-alkyl or cyclic N) is 1. The molecule has 172 valence electrons. The average molecular weight is 563 g/mol. The molecule has 0 bridgehead atoms. The molecule has 1 heterocycles. The van der Waals surface area contributed by atoms with Crippen LogP contribution in [0.1, 0.15) is 17.3 Å². The zero-order valence-electron chi connectivity index (χ0n) is 17.2. The SMILES string of the molecule is COC(=O)C(C)NCC1(O)CN(C(=O)c2ccc(F)c(F)c2Nc2ccc(I)cc2F)C1. The minimum Gasteiger partial charge on any atom is -0.468 e. The first-order chi connectivity index (χ1) is 15.0. The summed E-state index contributed by atoms with van der Waals surface area (Å²) in [6.07, 6.45) is 0. The minimum absolute atomic E-state index is 0.0177. The maximum absolute atomic E-state index is 14.5. The lowest BCUT2D eigenvalue weighted by atomic mass is 9.92. The maximum Gasteiger partial charge on any atom is 0.322 e. The lowest BCUT2D eigenvalue weighted by Gasteiger charge is -2.47. The predicted octanol–water partition coefficient (Wildman–Crippen LogP) is 2.79. The minimum atomic E-state index is -1.32. The number of carbonyl (C=O) groups is 2. The number of hydrogen-bond acceptors (Lipinski definition) is 6. The van der Waals surface area contributed by atoms with Gasteiger partial charge in [-0.25, -0.2) is 13.2 Å². The first kappa shape index (κ1) is 24.3. The Kier molecular flexibility index (Phi) is 7.30. The molecule has 1 aliphatic heterocycles. The molecule has 1 saturated heterocycles. The van der Waals surface area contributed by atoms with Crippen LogP contribution in [0.25, 0.3) is 0 Å². The van der Waals surface area contributed by atoms with E-state index in [2.05, 4.69) is 15.4 Å². The highest BCUT2D eigenvalue weighted by Crippen LogP contribution is 2.31. The molecular weight excluding hydrogens is 542 g/mol. The van der Waals surface area contributed by atoms with Gasteiger partial charge in [0.2, 0.25) is 0 Å². The predicted molar refractivity (Wildman–Crippen MR) is 119 cm³/mol. The third kappa shape index (κ3) is 5.15. The number of amides is 1. The number of nitrogens with zero attached hydrogens (tertiary/aromatic N) is 1. The topological polar surface area (TPSA) is 90.9 Å². The molecular formula is C21H21F3IN3O4. The van der Waals surface area contributed by atoms with Crippen LogP contribution in [0, 0.1) is 21.0 Å². The number of aliphatic hydroxyl groups is 1. The molecule has 0 aliphatic carbocycles. The van der Waals surface area contributed by atoms with Gasteiger partial charge in [-0.05, 0) is 59.8 Å². The largest absolute Gasteiger partial charge is 0.468 e. The van der Waals surface area contributed by atoms with E-state index in [-0.39, 0.29) is 30.9 Å². The van der Waals surface area contributed by atoms with Gasteiger partial charge < -0.3 is 25.4 Å². The van der Waals surface area contributed by atoms with Crippen LogP contribution in [0.5, 0.6) is 0 Å². The quantitative estimate of drug-likeness (QED) is 0.355. The first-order valence-corrected chi connectivity index (χ1v) is 10.7. The van der Waals surface area contributed by atoms with Gasteiger partial charge in [0.15, 0.2) is 11.6 Å². The summed E-state index contributed by atoms with van der Waals surface area (Å²) in [6, 6.07) is 5.39. The summed E-state index contributed by atoms with van der Waals surface area (Å²) >= 11 is 1.91. The molecule has 1 atom stereocenters. The molecule has 1 aliphatic rings. The van der Waals surface area contributed by atoms with Crippen molar-refractivity contribution in [1.82, 2.24) is 10.2 Å². The van der Waals surface area contributed by atoms with E-state index in [1.807, 2.05) is 22.6 Å². The summed E-state index contributed by atoms with van der Waals surface area (Å²) in [5.74, 6) is -4.37. The van der Waals surface area contributed by atoms with Crippen molar-refractivity contribution in [2.75, 3.05) is 32.1 Å². The van der Waals surface area contributed by atoms with Crippen molar-refractivity contribution in [1.29, 1.82) is 0 Å². The number of methoxy groups -OCH3 is 1. The van der Waals surface area contributed by atoms with Gasteiger partial charge in [-0.15, -0.1) is 0 Å². The number of benzene rings is 2. The van der Waals surface area contributed by atoms with E-state index in [1.165, 1.54) is 24.1 Å². The Bertz CT molecular complexity index is 1050. The molecule has 0 radical (unpaired) electrons. The fraction of sp³-hybridized carbons (Fsp3) is 0.333. The monoisotopic (exact) mass is 563 g/mol. The molecule has 0 saturated carbocycles. The lowest BCUT2D eigenvalue weighted by Crippen LogP contribution is -2.68. The number of hydrogen-bond donors (Lipinski definition) is 3. The number of carbonyl (C=O) groups excluding carboxylic acids is 2. The molecule has 1 fully saturated rings. The van der Waals surface area contributed by atoms with E-state index < -0.39 is 46.7 Å². The molecule has 32 heavy (non-hydrogen) atoms. The molecule has 1 amide bonds. The Labute approximate surface area is 196 Å². The van der Waals surface area contributed by atoms with Crippen LogP contribution in [-0.4, -0.2) is 60.3 Å². The molecule has 1 unspecified atom stereocenters. The van der Waals surface area contributed by atoms with Gasteiger partial charge in [0.05, 0.1) is 37.1 Å². The van der Waals surface area contributed by atoms with Gasteiger partial charge in [-0.2, -0.15) is 0 Å². The first-order valence-electron chi connectivity index (χ1n) is 9.57. The molecule has 3 N–H and O–H groups in total. The molecule has 0 aromatic heterocycles. The zero-order chi connectivity index (χ0) is 23.6. The van der Waals surface area contributed by atoms with Crippen LogP contribution < -0.4 is 10.6 Å². The Morgan fingerprint density at radius 1 is 1.22 bits per heavy atom. The van der Waals surface area contributed by atoms with Crippen molar-refractivity contribution in [3.63, 3.8) is 0 Å². The summed E-state index contributed by atoms with van der Waals surface area (Å²) in [6.45, 7) is 1.40. The van der Waals surface area contributed by atoms with Crippen molar-refractivity contribution >= 4 is 45.8 Å². The Balaban J connectivity index is 1.75. The lowest BCUT2D eigenvalue weighted by molar-refractivity contribution is -0.143. The Hall–Kier alpha value is -2.38. The van der Waals surface area contributed by atoms with Gasteiger partial charge in [-0.3, -0.25) is 9.59 Å². The third-order valence-electron chi connectivity index (χ3n) is 5.07. The fourth-order valence-corrected chi connectivity index (χ4v) is 3.72. The number of esters is 1. The summed E-state index contributed by atoms with van der Waals surface area (Å²) in [5, 5.41) is 15.8. The van der Waals surface area contributed by atoms with Gasteiger partial charge in [-0.1, -0.05) is 0 Å². The Morgan fingerprint density at radius 3 is 2.53 bits per heavy atom. The number of anilines is 2. The second-order valence-electron chi connectivity index (χ2n) is 7.54. The van der Waals surface area contributed by atoms with Gasteiger partial charge >= 0.3 is 5.97 Å². The summed E-state index contributed by atoms with van der Waals surface area (Å²) < 4.78 is 47.8. The highest BCUT2D eigenvalue weighted by molar-refractivity contribution is 14.1. The van der Waals surface area contributed by atoms with Crippen LogP contribution in [0.2, 0.25) is 0 Å². The van der Waals surface area contributed by atoms with Crippen molar-refractivity contribution in [3.8, 4) is 0 Å². The highest BCUT2D eigenvalue weighted by Gasteiger charge is 2.44. The van der Waals surface area contributed by atoms with Crippen LogP contribution in [0.3, 0.4) is 0 Å². The zero-order valence-corrected chi connectivity index (χ0v) is 19.4. The summed E-state index contributed by atoms with van der Waals surface area (Å²) in [4.78, 5) is 25.6. The van der Waals surface area contributed by atoms with Crippen molar-refractivity contribution in [2.24, 2.45) is 0 Å². The van der Waals surface area contributed by atoms with Crippen LogP contribution in [0.15, 0.2) is 30.3 Å². The molecule has 2 aromatic carbocycles. The van der Waals surface area contributed by atoms with Crippen LogP contribution in [0.4, 0.5) is 24.5 Å². The molecule has 2 aromatic rings. The van der Waals surface area contributed by atoms with E-state index in [0.717, 1.165) is 12.1 Å². The van der Waals surface area contributed by atoms with Crippen molar-refractivity contribution < 1.29 is 32.6 Å². The van der Waals surface area contributed by atoms with Gasteiger partial charge in [0.1, 0.15) is 17.5 Å². The number of ether oxygens (including phenoxy) is 1. The van der Waals surface area contributed by atoms with Gasteiger partial charge in [0.25, 0.3) is 5.91 Å². The normalized spacial score (nSPS) is 15.7. The van der Waals surface area contributed by atoms with E-state index >= 15 is 0 Å². The van der Waals surface area contributed by atoms with E-state index in [1.54, 1.807) is 13.0 Å². The van der Waals surface area contributed by atoms with Crippen molar-refractivity contribution in [3.05, 3.63) is 56.9 Å². The maximum atomic E-state index is 14.5. The van der Waals surface area contributed by atoms with Crippen molar-refractivity contribution in [2.45, 2.75) is 18.6 Å². The summed E-state index contributed by atoms with van der Waals surface area (Å²) in [7, 11) is 1.24. The van der Waals surface area contributed by atoms with Gasteiger partial charge in [0, 0.05) is 10.1 Å². The van der Waals surface area contributed by atoms with E-state index in [0.29, 0.717) is 3.57 Å². The number of likely N-dealkylation sites (tertiary alicyclic amines) is 1. The second-order valence-corrected chi connectivity index (χ2v) is 8.79. The smallest absolute Gasteiger partial charge is 0.322 e. The Morgan fingerprint density at radius 2 is 1.91 bits per heavy atom. The van der Waals surface area contributed by atoms with E-state index in [4.69, 9.17) is 0 Å². The third-order valence-corrected chi connectivity index (χ3v) is 5.74. The molecule has 0 spiro atoms. The van der Waals surface area contributed by atoms with Crippen LogP contribution in [-0.2, 0) is 9.53 Å². The molecule has 7 nitrogen and oxygen atoms in total. The number of nitrogens with one attached hydrogen (secondary N) is 2. The number of halogens is 4. The standard InChI is InChI=1S/C21H21F3IN3O4/c1-11(20(30)32-2)26-8-21(31)9-28(10-21)19(29)13-4-5-14(22)17(24)18(13)27-16-6-3-12(25)7-15(16)23/h3-7,11,26-27,31H,8-10H2,1-2H3. The van der Waals surface area contributed by atoms with Crippen LogP contribution >= 0.6 is 22.6 Å². The van der Waals surface area contributed by atoms with E-state index in [9.17, 15) is 27.9 Å².